The van der Waals surface area contributed by atoms with Crippen LogP contribution >= 0.6 is 0 Å². The molecule has 0 unspecified atom stereocenters. The Morgan fingerprint density at radius 3 is 2.55 bits per heavy atom. The lowest BCUT2D eigenvalue weighted by molar-refractivity contribution is -0.121. The fourth-order valence-corrected chi connectivity index (χ4v) is 2.70. The molecule has 20 heavy (non-hydrogen) atoms. The summed E-state index contributed by atoms with van der Waals surface area (Å²) in [4.78, 5) is 0. The molecular weight excluding hydrogens is 297 g/mol. The van der Waals surface area contributed by atoms with E-state index in [1.54, 1.807) is 6.92 Å². The van der Waals surface area contributed by atoms with Crippen LogP contribution in [0.3, 0.4) is 0 Å². The SMILES string of the molecule is CCCNCc1c(S(=O)(=O)NCC(F)(F)F)n[nH]c1C. The van der Waals surface area contributed by atoms with Crippen LogP contribution in [-0.2, 0) is 16.6 Å². The van der Waals surface area contributed by atoms with Gasteiger partial charge in [-0.3, -0.25) is 5.10 Å². The Hall–Kier alpha value is -1.13. The van der Waals surface area contributed by atoms with Gasteiger partial charge in [0.05, 0.1) is 0 Å². The van der Waals surface area contributed by atoms with Gasteiger partial charge in [-0.15, -0.1) is 0 Å². The maximum absolute atomic E-state index is 12.1. The Bertz CT molecular complexity index is 539. The molecule has 0 bridgehead atoms. The maximum Gasteiger partial charge on any atom is 0.402 e. The van der Waals surface area contributed by atoms with Crippen LogP contribution < -0.4 is 10.0 Å². The van der Waals surface area contributed by atoms with Gasteiger partial charge in [-0.2, -0.15) is 18.3 Å². The van der Waals surface area contributed by atoms with E-state index in [9.17, 15) is 21.6 Å². The summed E-state index contributed by atoms with van der Waals surface area (Å²) in [5, 5.41) is 8.65. The number of nitrogens with one attached hydrogen (secondary N) is 3. The summed E-state index contributed by atoms with van der Waals surface area (Å²) < 4.78 is 61.4. The molecule has 0 saturated carbocycles. The monoisotopic (exact) mass is 314 g/mol. The Balaban J connectivity index is 2.89. The van der Waals surface area contributed by atoms with E-state index >= 15 is 0 Å². The number of aromatic amines is 1. The molecule has 0 saturated heterocycles. The molecule has 6 nitrogen and oxygen atoms in total. The quantitative estimate of drug-likeness (QED) is 0.657. The van der Waals surface area contributed by atoms with E-state index in [1.807, 2.05) is 6.92 Å². The van der Waals surface area contributed by atoms with Gasteiger partial charge in [-0.05, 0) is 19.9 Å². The van der Waals surface area contributed by atoms with Crippen molar-refractivity contribution in [2.45, 2.75) is 38.0 Å². The average Bonchev–Trinajstić information content (AvgIpc) is 2.69. The zero-order chi connectivity index (χ0) is 15.4. The minimum atomic E-state index is -4.61. The molecule has 0 aromatic carbocycles. The first kappa shape index (κ1) is 16.9. The van der Waals surface area contributed by atoms with Crippen molar-refractivity contribution in [2.75, 3.05) is 13.1 Å². The van der Waals surface area contributed by atoms with Gasteiger partial charge in [0, 0.05) is 17.8 Å². The lowest BCUT2D eigenvalue weighted by atomic mass is 10.2. The van der Waals surface area contributed by atoms with Crippen molar-refractivity contribution in [1.29, 1.82) is 0 Å². The van der Waals surface area contributed by atoms with Crippen molar-refractivity contribution in [1.82, 2.24) is 20.2 Å². The van der Waals surface area contributed by atoms with Crippen LogP contribution in [-0.4, -0.2) is 37.9 Å². The highest BCUT2D eigenvalue weighted by Gasteiger charge is 2.32. The molecule has 0 amide bonds. The Kier molecular flexibility index (Phi) is 5.54. The van der Waals surface area contributed by atoms with Gasteiger partial charge in [-0.25, -0.2) is 13.1 Å². The van der Waals surface area contributed by atoms with E-state index in [4.69, 9.17) is 0 Å². The number of aryl methyl sites for hydroxylation is 1. The van der Waals surface area contributed by atoms with Gasteiger partial charge in [0.1, 0.15) is 6.54 Å². The minimum Gasteiger partial charge on any atom is -0.313 e. The van der Waals surface area contributed by atoms with E-state index in [2.05, 4.69) is 15.5 Å². The summed E-state index contributed by atoms with van der Waals surface area (Å²) in [6.45, 7) is 2.82. The highest BCUT2D eigenvalue weighted by molar-refractivity contribution is 7.89. The largest absolute Gasteiger partial charge is 0.402 e. The predicted molar refractivity (Wildman–Crippen MR) is 66.6 cm³/mol. The third-order valence-electron chi connectivity index (χ3n) is 2.48. The smallest absolute Gasteiger partial charge is 0.313 e. The van der Waals surface area contributed by atoms with Crippen LogP contribution in [0, 0.1) is 6.92 Å². The first-order valence-corrected chi connectivity index (χ1v) is 7.46. The van der Waals surface area contributed by atoms with Crippen molar-refractivity contribution in [3.05, 3.63) is 11.3 Å². The minimum absolute atomic E-state index is 0.221. The first-order valence-electron chi connectivity index (χ1n) is 5.98. The van der Waals surface area contributed by atoms with Gasteiger partial charge < -0.3 is 5.32 Å². The van der Waals surface area contributed by atoms with Gasteiger partial charge in [0.15, 0.2) is 5.03 Å². The van der Waals surface area contributed by atoms with Gasteiger partial charge in [0.25, 0.3) is 10.0 Å². The molecule has 1 aromatic rings. The number of nitrogens with zero attached hydrogens (tertiary/aromatic N) is 1. The second kappa shape index (κ2) is 6.55. The lowest BCUT2D eigenvalue weighted by Crippen LogP contribution is -2.34. The summed E-state index contributed by atoms with van der Waals surface area (Å²) in [6.07, 6.45) is -3.76. The maximum atomic E-state index is 12.1. The Morgan fingerprint density at radius 1 is 1.35 bits per heavy atom. The third-order valence-corrected chi connectivity index (χ3v) is 3.85. The number of rotatable bonds is 7. The van der Waals surface area contributed by atoms with Crippen LogP contribution in [0.4, 0.5) is 13.2 Å². The fraction of sp³-hybridized carbons (Fsp3) is 0.700. The molecule has 0 fully saturated rings. The number of hydrogen-bond acceptors (Lipinski definition) is 4. The number of halogens is 3. The number of alkyl halides is 3. The van der Waals surface area contributed by atoms with Gasteiger partial charge in [0.2, 0.25) is 0 Å². The van der Waals surface area contributed by atoms with E-state index in [0.717, 1.165) is 6.42 Å². The Labute approximate surface area is 115 Å². The molecule has 1 heterocycles. The second-order valence-corrected chi connectivity index (χ2v) is 5.93. The molecule has 116 valence electrons. The highest BCUT2D eigenvalue weighted by atomic mass is 32.2. The molecule has 0 aliphatic carbocycles. The molecule has 3 N–H and O–H groups in total. The van der Waals surface area contributed by atoms with E-state index < -0.39 is 27.8 Å². The summed E-state index contributed by atoms with van der Waals surface area (Å²) in [6, 6.07) is 0. The van der Waals surface area contributed by atoms with Crippen LogP contribution in [0.2, 0.25) is 0 Å². The van der Waals surface area contributed by atoms with Crippen molar-refractivity contribution in [2.24, 2.45) is 0 Å². The molecule has 1 aromatic heterocycles. The van der Waals surface area contributed by atoms with E-state index in [-0.39, 0.29) is 6.54 Å². The van der Waals surface area contributed by atoms with Crippen LogP contribution in [0.15, 0.2) is 5.03 Å². The molecule has 0 aliphatic rings. The topological polar surface area (TPSA) is 86.9 Å². The van der Waals surface area contributed by atoms with E-state index in [1.165, 1.54) is 4.72 Å². The molecule has 0 atom stereocenters. The molecular formula is C10H17F3N4O2S. The third kappa shape index (κ3) is 4.76. The van der Waals surface area contributed by atoms with Gasteiger partial charge >= 0.3 is 6.18 Å². The molecule has 0 spiro atoms. The van der Waals surface area contributed by atoms with Crippen molar-refractivity contribution >= 4 is 10.0 Å². The standard InChI is InChI=1S/C10H17F3N4O2S/c1-3-4-14-5-8-7(2)16-17-9(8)20(18,19)15-6-10(11,12)13/h14-15H,3-6H2,1-2H3,(H,16,17). The normalized spacial score (nSPS) is 12.8. The summed E-state index contributed by atoms with van der Waals surface area (Å²) in [7, 11) is -4.29. The number of sulfonamides is 1. The zero-order valence-corrected chi connectivity index (χ0v) is 12.0. The molecule has 0 radical (unpaired) electrons. The van der Waals surface area contributed by atoms with Crippen LogP contribution in [0.5, 0.6) is 0 Å². The number of aromatic nitrogens is 2. The summed E-state index contributed by atoms with van der Waals surface area (Å²) in [5.41, 5.74) is 0.842. The van der Waals surface area contributed by atoms with Crippen LogP contribution in [0.1, 0.15) is 24.6 Å². The lowest BCUT2D eigenvalue weighted by Gasteiger charge is -2.09. The van der Waals surface area contributed by atoms with E-state index in [0.29, 0.717) is 17.8 Å². The number of hydrogen-bond donors (Lipinski definition) is 3. The van der Waals surface area contributed by atoms with Crippen molar-refractivity contribution in [3.63, 3.8) is 0 Å². The highest BCUT2D eigenvalue weighted by Crippen LogP contribution is 2.18. The average molecular weight is 314 g/mol. The molecule has 0 aliphatic heterocycles. The first-order chi connectivity index (χ1) is 9.17. The molecule has 1 rings (SSSR count). The zero-order valence-electron chi connectivity index (χ0n) is 11.1. The summed E-state index contributed by atoms with van der Waals surface area (Å²) in [5.74, 6) is 0. The second-order valence-electron chi connectivity index (χ2n) is 4.25. The number of H-pyrrole nitrogens is 1. The Morgan fingerprint density at radius 2 is 2.00 bits per heavy atom. The fourth-order valence-electron chi connectivity index (χ4n) is 1.50. The van der Waals surface area contributed by atoms with Gasteiger partial charge in [-0.1, -0.05) is 6.92 Å². The summed E-state index contributed by atoms with van der Waals surface area (Å²) >= 11 is 0. The predicted octanol–water partition coefficient (Wildman–Crippen LogP) is 1.06. The van der Waals surface area contributed by atoms with Crippen molar-refractivity contribution in [3.8, 4) is 0 Å². The molecule has 10 heteroatoms. The van der Waals surface area contributed by atoms with Crippen LogP contribution in [0.25, 0.3) is 0 Å². The van der Waals surface area contributed by atoms with Crippen molar-refractivity contribution < 1.29 is 21.6 Å².